The maximum Gasteiger partial charge on any atom is 0.411 e. The Bertz CT molecular complexity index is 737. The fraction of sp³-hybridized carbons (Fsp3) is 0.500. The normalized spacial score (nSPS) is 16.7. The van der Waals surface area contributed by atoms with E-state index >= 15 is 0 Å². The lowest BCUT2D eigenvalue weighted by molar-refractivity contribution is -0.384. The van der Waals surface area contributed by atoms with Crippen LogP contribution in [0.3, 0.4) is 0 Å². The lowest BCUT2D eigenvalue weighted by Crippen LogP contribution is -2.44. The van der Waals surface area contributed by atoms with Crippen molar-refractivity contribution in [2.45, 2.75) is 45.3 Å². The van der Waals surface area contributed by atoms with Crippen LogP contribution in [0.1, 0.15) is 44.0 Å². The summed E-state index contributed by atoms with van der Waals surface area (Å²) in [5, 5.41) is 10.6. The van der Waals surface area contributed by atoms with E-state index in [0.29, 0.717) is 19.4 Å². The van der Waals surface area contributed by atoms with Gasteiger partial charge in [-0.25, -0.2) is 9.59 Å². The monoisotopic (exact) mass is 378 g/mol. The average molecular weight is 378 g/mol. The number of benzene rings is 1. The number of carbonyl (C=O) groups excluding carboxylic acids is 3. The number of rotatable bonds is 5. The minimum Gasteiger partial charge on any atom is -0.456 e. The van der Waals surface area contributed by atoms with E-state index in [2.05, 4.69) is 0 Å². The van der Waals surface area contributed by atoms with Crippen molar-refractivity contribution >= 4 is 23.5 Å². The zero-order valence-electron chi connectivity index (χ0n) is 15.5. The molecule has 0 spiro atoms. The zero-order chi connectivity index (χ0) is 20.2. The lowest BCUT2D eigenvalue weighted by Gasteiger charge is -2.27. The van der Waals surface area contributed by atoms with Crippen LogP contribution >= 0.6 is 0 Å². The van der Waals surface area contributed by atoms with Crippen molar-refractivity contribution in [2.75, 3.05) is 13.2 Å². The SMILES string of the molecule is CC(C)(C)OC(=O)N1CCCC1C(=O)OCC(=O)c1ccc([N+](=O)[O-])cc1. The molecule has 0 aliphatic carbocycles. The van der Waals surface area contributed by atoms with Gasteiger partial charge in [-0.15, -0.1) is 0 Å². The molecular weight excluding hydrogens is 356 g/mol. The standard InChI is InChI=1S/C18H22N2O7/c1-18(2,3)27-17(23)19-10-4-5-14(19)16(22)26-11-15(21)12-6-8-13(9-7-12)20(24)25/h6-9,14H,4-5,10-11H2,1-3H3. The fourth-order valence-corrected chi connectivity index (χ4v) is 2.64. The van der Waals surface area contributed by atoms with E-state index < -0.39 is 41.0 Å². The number of Topliss-reactive ketones (excluding diaryl/α,β-unsaturated/α-hetero) is 1. The number of amides is 1. The van der Waals surface area contributed by atoms with Crippen LogP contribution in [-0.2, 0) is 14.3 Å². The fourth-order valence-electron chi connectivity index (χ4n) is 2.64. The van der Waals surface area contributed by atoms with E-state index in [1.54, 1.807) is 20.8 Å². The third-order valence-corrected chi connectivity index (χ3v) is 3.90. The molecule has 0 radical (unpaired) electrons. The molecule has 1 heterocycles. The summed E-state index contributed by atoms with van der Waals surface area (Å²) in [4.78, 5) is 47.9. The Morgan fingerprint density at radius 1 is 1.22 bits per heavy atom. The van der Waals surface area contributed by atoms with Crippen LogP contribution in [0.15, 0.2) is 24.3 Å². The van der Waals surface area contributed by atoms with Gasteiger partial charge in [-0.2, -0.15) is 0 Å². The molecule has 0 saturated carbocycles. The number of likely N-dealkylation sites (tertiary alicyclic amines) is 1. The van der Waals surface area contributed by atoms with E-state index in [0.717, 1.165) is 0 Å². The van der Waals surface area contributed by atoms with Gasteiger partial charge in [0.25, 0.3) is 5.69 Å². The van der Waals surface area contributed by atoms with E-state index in [1.165, 1.54) is 29.2 Å². The van der Waals surface area contributed by atoms with Crippen LogP contribution in [-0.4, -0.2) is 52.5 Å². The first-order chi connectivity index (χ1) is 12.6. The molecule has 9 heteroatoms. The van der Waals surface area contributed by atoms with Gasteiger partial charge >= 0.3 is 12.1 Å². The molecule has 1 aliphatic rings. The van der Waals surface area contributed by atoms with Crippen LogP contribution in [0.4, 0.5) is 10.5 Å². The van der Waals surface area contributed by atoms with Gasteiger partial charge < -0.3 is 9.47 Å². The molecule has 1 atom stereocenters. The van der Waals surface area contributed by atoms with Crippen molar-refractivity contribution in [3.05, 3.63) is 39.9 Å². The summed E-state index contributed by atoms with van der Waals surface area (Å²) in [7, 11) is 0. The number of carbonyl (C=O) groups is 3. The van der Waals surface area contributed by atoms with E-state index in [9.17, 15) is 24.5 Å². The molecule has 27 heavy (non-hydrogen) atoms. The maximum atomic E-state index is 12.3. The average Bonchev–Trinajstić information content (AvgIpc) is 3.08. The lowest BCUT2D eigenvalue weighted by atomic mass is 10.1. The highest BCUT2D eigenvalue weighted by Gasteiger charge is 2.37. The highest BCUT2D eigenvalue weighted by Crippen LogP contribution is 2.22. The Morgan fingerprint density at radius 2 is 1.85 bits per heavy atom. The zero-order valence-corrected chi connectivity index (χ0v) is 15.5. The van der Waals surface area contributed by atoms with Gasteiger partial charge in [0, 0.05) is 24.2 Å². The number of nitro benzene ring substituents is 1. The van der Waals surface area contributed by atoms with Crippen molar-refractivity contribution in [1.82, 2.24) is 4.90 Å². The maximum absolute atomic E-state index is 12.3. The van der Waals surface area contributed by atoms with Crippen molar-refractivity contribution in [3.8, 4) is 0 Å². The van der Waals surface area contributed by atoms with E-state index in [4.69, 9.17) is 9.47 Å². The number of nitrogens with zero attached hydrogens (tertiary/aromatic N) is 2. The second-order valence-corrected chi connectivity index (χ2v) is 7.17. The van der Waals surface area contributed by atoms with Gasteiger partial charge in [0.2, 0.25) is 0 Å². The van der Waals surface area contributed by atoms with Crippen LogP contribution in [0.25, 0.3) is 0 Å². The molecule has 1 saturated heterocycles. The number of non-ortho nitro benzene ring substituents is 1. The number of ether oxygens (including phenoxy) is 2. The molecule has 1 aromatic carbocycles. The van der Waals surface area contributed by atoms with Crippen molar-refractivity contribution in [3.63, 3.8) is 0 Å². The number of hydrogen-bond donors (Lipinski definition) is 0. The number of esters is 1. The first kappa shape index (κ1) is 20.3. The minimum atomic E-state index is -0.787. The Kier molecular flexibility index (Phi) is 6.14. The second-order valence-electron chi connectivity index (χ2n) is 7.17. The van der Waals surface area contributed by atoms with Gasteiger partial charge in [-0.05, 0) is 45.7 Å². The molecule has 0 N–H and O–H groups in total. The van der Waals surface area contributed by atoms with Gasteiger partial charge in [0.1, 0.15) is 11.6 Å². The Hall–Kier alpha value is -2.97. The van der Waals surface area contributed by atoms with Gasteiger partial charge in [-0.3, -0.25) is 19.8 Å². The molecular formula is C18H22N2O7. The molecule has 1 aliphatic heterocycles. The van der Waals surface area contributed by atoms with Gasteiger partial charge in [0.05, 0.1) is 4.92 Å². The Balaban J connectivity index is 1.93. The number of ketones is 1. The highest BCUT2D eigenvalue weighted by atomic mass is 16.6. The van der Waals surface area contributed by atoms with Crippen molar-refractivity contribution in [2.24, 2.45) is 0 Å². The first-order valence-electron chi connectivity index (χ1n) is 8.52. The number of nitro groups is 1. The molecule has 1 unspecified atom stereocenters. The smallest absolute Gasteiger partial charge is 0.411 e. The van der Waals surface area contributed by atoms with Crippen molar-refractivity contribution < 1.29 is 28.8 Å². The van der Waals surface area contributed by atoms with Crippen LogP contribution < -0.4 is 0 Å². The number of hydrogen-bond acceptors (Lipinski definition) is 7. The van der Waals surface area contributed by atoms with E-state index in [1.807, 2.05) is 0 Å². The third kappa shape index (κ3) is 5.50. The molecule has 1 amide bonds. The first-order valence-corrected chi connectivity index (χ1v) is 8.52. The summed E-state index contributed by atoms with van der Waals surface area (Å²) < 4.78 is 10.3. The Morgan fingerprint density at radius 3 is 2.41 bits per heavy atom. The van der Waals surface area contributed by atoms with Crippen LogP contribution in [0.5, 0.6) is 0 Å². The molecule has 146 valence electrons. The summed E-state index contributed by atoms with van der Waals surface area (Å²) in [5.74, 6) is -1.16. The third-order valence-electron chi connectivity index (χ3n) is 3.90. The molecule has 1 aromatic rings. The molecule has 2 rings (SSSR count). The molecule has 0 bridgehead atoms. The predicted molar refractivity (Wildman–Crippen MR) is 94.3 cm³/mol. The Labute approximate surface area is 156 Å². The summed E-state index contributed by atoms with van der Waals surface area (Å²) in [6.07, 6.45) is 0.475. The molecule has 1 fully saturated rings. The summed E-state index contributed by atoms with van der Waals surface area (Å²) in [6.45, 7) is 5.08. The van der Waals surface area contributed by atoms with Crippen molar-refractivity contribution in [1.29, 1.82) is 0 Å². The molecule has 0 aromatic heterocycles. The van der Waals surface area contributed by atoms with Crippen LogP contribution in [0, 0.1) is 10.1 Å². The summed E-state index contributed by atoms with van der Waals surface area (Å²) in [5.41, 5.74) is -0.619. The van der Waals surface area contributed by atoms with Crippen LogP contribution in [0.2, 0.25) is 0 Å². The van der Waals surface area contributed by atoms with Gasteiger partial charge in [0.15, 0.2) is 12.4 Å². The largest absolute Gasteiger partial charge is 0.456 e. The highest BCUT2D eigenvalue weighted by molar-refractivity contribution is 5.98. The second kappa shape index (κ2) is 8.15. The topological polar surface area (TPSA) is 116 Å². The predicted octanol–water partition coefficient (Wildman–Crippen LogP) is 2.72. The van der Waals surface area contributed by atoms with E-state index in [-0.39, 0.29) is 11.3 Å². The van der Waals surface area contributed by atoms with Gasteiger partial charge in [-0.1, -0.05) is 0 Å². The summed E-state index contributed by atoms with van der Waals surface area (Å²) in [6, 6.07) is 4.23. The summed E-state index contributed by atoms with van der Waals surface area (Å²) >= 11 is 0. The minimum absolute atomic E-state index is 0.137. The quantitative estimate of drug-likeness (QED) is 0.335. The molecule has 9 nitrogen and oxygen atoms in total.